The molecule has 1 atom stereocenters. The zero-order valence-corrected chi connectivity index (χ0v) is 7.93. The van der Waals surface area contributed by atoms with Crippen LogP contribution in [0.15, 0.2) is 0 Å². The third kappa shape index (κ3) is 2.01. The van der Waals surface area contributed by atoms with Crippen molar-refractivity contribution in [1.29, 1.82) is 0 Å². The molecule has 0 amide bonds. The van der Waals surface area contributed by atoms with Crippen LogP contribution in [0.2, 0.25) is 0 Å². The monoisotopic (exact) mass is 168 g/mol. The van der Waals surface area contributed by atoms with Crippen LogP contribution in [0.4, 0.5) is 0 Å². The summed E-state index contributed by atoms with van der Waals surface area (Å²) in [6.45, 7) is 1.03. The van der Waals surface area contributed by atoms with E-state index in [0.717, 1.165) is 12.5 Å². The molecule has 1 unspecified atom stereocenters. The van der Waals surface area contributed by atoms with Crippen molar-refractivity contribution in [2.75, 3.05) is 6.61 Å². The molecule has 2 aliphatic rings. The van der Waals surface area contributed by atoms with Crippen molar-refractivity contribution in [3.63, 3.8) is 0 Å². The fraction of sp³-hybridized carbons (Fsp3) is 1.00. The second kappa shape index (κ2) is 4.27. The van der Waals surface area contributed by atoms with E-state index in [2.05, 4.69) is 0 Å². The van der Waals surface area contributed by atoms with Gasteiger partial charge in [-0.15, -0.1) is 0 Å². The number of hydrogen-bond donors (Lipinski definition) is 0. The fourth-order valence-corrected chi connectivity index (χ4v) is 2.64. The highest BCUT2D eigenvalue weighted by molar-refractivity contribution is 4.76. The second-order valence-corrected chi connectivity index (χ2v) is 4.30. The third-order valence-corrected chi connectivity index (χ3v) is 3.39. The van der Waals surface area contributed by atoms with Crippen LogP contribution >= 0.6 is 0 Å². The minimum absolute atomic E-state index is 0.638. The van der Waals surface area contributed by atoms with Crippen LogP contribution in [0.1, 0.15) is 51.4 Å². The Balaban J connectivity index is 1.80. The van der Waals surface area contributed by atoms with Crippen LogP contribution in [-0.4, -0.2) is 12.7 Å². The van der Waals surface area contributed by atoms with E-state index in [1.807, 2.05) is 0 Å². The minimum Gasteiger partial charge on any atom is -0.378 e. The molecule has 12 heavy (non-hydrogen) atoms. The summed E-state index contributed by atoms with van der Waals surface area (Å²) in [7, 11) is 0. The predicted molar refractivity (Wildman–Crippen MR) is 50.2 cm³/mol. The highest BCUT2D eigenvalue weighted by atomic mass is 16.5. The topological polar surface area (TPSA) is 9.23 Å². The van der Waals surface area contributed by atoms with Gasteiger partial charge < -0.3 is 4.74 Å². The molecule has 2 rings (SSSR count). The van der Waals surface area contributed by atoms with Crippen molar-refractivity contribution < 1.29 is 4.74 Å². The van der Waals surface area contributed by atoms with Gasteiger partial charge in [-0.25, -0.2) is 0 Å². The van der Waals surface area contributed by atoms with Gasteiger partial charge >= 0.3 is 0 Å². The smallest absolute Gasteiger partial charge is 0.0603 e. The van der Waals surface area contributed by atoms with Gasteiger partial charge in [0.25, 0.3) is 0 Å². The lowest BCUT2D eigenvalue weighted by Gasteiger charge is -2.32. The number of ether oxygens (including phenoxy) is 1. The van der Waals surface area contributed by atoms with Crippen molar-refractivity contribution in [3.05, 3.63) is 0 Å². The highest BCUT2D eigenvalue weighted by Crippen LogP contribution is 2.31. The second-order valence-electron chi connectivity index (χ2n) is 4.30. The Bertz CT molecular complexity index is 105. The first kappa shape index (κ1) is 8.55. The minimum atomic E-state index is 0.638. The molecule has 0 bridgehead atoms. The van der Waals surface area contributed by atoms with E-state index >= 15 is 0 Å². The molecule has 2 fully saturated rings. The van der Waals surface area contributed by atoms with Gasteiger partial charge in [-0.05, 0) is 38.0 Å². The van der Waals surface area contributed by atoms with E-state index in [4.69, 9.17) is 4.74 Å². The van der Waals surface area contributed by atoms with Gasteiger partial charge in [0.2, 0.25) is 0 Å². The molecule has 0 aromatic carbocycles. The molecule has 0 aromatic heterocycles. The first-order chi connectivity index (χ1) is 5.97. The summed E-state index contributed by atoms with van der Waals surface area (Å²) < 4.78 is 5.82. The summed E-state index contributed by atoms with van der Waals surface area (Å²) >= 11 is 0. The van der Waals surface area contributed by atoms with Crippen molar-refractivity contribution in [3.8, 4) is 0 Å². The zero-order chi connectivity index (χ0) is 8.23. The van der Waals surface area contributed by atoms with Crippen molar-refractivity contribution in [2.24, 2.45) is 5.92 Å². The number of hydrogen-bond acceptors (Lipinski definition) is 1. The summed E-state index contributed by atoms with van der Waals surface area (Å²) in [5.41, 5.74) is 0. The quantitative estimate of drug-likeness (QED) is 0.584. The van der Waals surface area contributed by atoms with Gasteiger partial charge in [0, 0.05) is 6.61 Å². The SMILES string of the molecule is C1CCC(C2CCCCO2)CC1. The van der Waals surface area contributed by atoms with Gasteiger partial charge in [0.05, 0.1) is 6.10 Å². The third-order valence-electron chi connectivity index (χ3n) is 3.39. The maximum Gasteiger partial charge on any atom is 0.0603 e. The Morgan fingerprint density at radius 2 is 1.50 bits per heavy atom. The normalized spacial score (nSPS) is 33.5. The molecule has 1 saturated carbocycles. The van der Waals surface area contributed by atoms with E-state index in [1.165, 1.54) is 51.4 Å². The van der Waals surface area contributed by atoms with Crippen LogP contribution in [0.5, 0.6) is 0 Å². The van der Waals surface area contributed by atoms with E-state index in [0.29, 0.717) is 6.10 Å². The molecule has 1 aliphatic heterocycles. The van der Waals surface area contributed by atoms with Crippen molar-refractivity contribution in [2.45, 2.75) is 57.5 Å². The standard InChI is InChI=1S/C11H20O/c1-2-6-10(7-3-1)11-8-4-5-9-12-11/h10-11H,1-9H2. The van der Waals surface area contributed by atoms with Crippen molar-refractivity contribution >= 4 is 0 Å². The van der Waals surface area contributed by atoms with Crippen LogP contribution in [0.3, 0.4) is 0 Å². The number of rotatable bonds is 1. The molecule has 1 nitrogen and oxygen atoms in total. The van der Waals surface area contributed by atoms with E-state index in [1.54, 1.807) is 0 Å². The lowest BCUT2D eigenvalue weighted by atomic mass is 9.83. The molecule has 0 N–H and O–H groups in total. The van der Waals surface area contributed by atoms with Gasteiger partial charge in [-0.3, -0.25) is 0 Å². The Hall–Kier alpha value is -0.0400. The van der Waals surface area contributed by atoms with E-state index < -0.39 is 0 Å². The molecule has 0 radical (unpaired) electrons. The van der Waals surface area contributed by atoms with Gasteiger partial charge in [0.15, 0.2) is 0 Å². The molecule has 1 heteroatoms. The fourth-order valence-electron chi connectivity index (χ4n) is 2.64. The molecule has 1 aliphatic carbocycles. The Morgan fingerprint density at radius 3 is 2.17 bits per heavy atom. The molecule has 70 valence electrons. The van der Waals surface area contributed by atoms with Crippen LogP contribution < -0.4 is 0 Å². The molecule has 1 heterocycles. The lowest BCUT2D eigenvalue weighted by Crippen LogP contribution is -2.29. The van der Waals surface area contributed by atoms with Gasteiger partial charge in [-0.1, -0.05) is 19.3 Å². The Kier molecular flexibility index (Phi) is 3.04. The first-order valence-electron chi connectivity index (χ1n) is 5.58. The summed E-state index contributed by atoms with van der Waals surface area (Å²) in [5.74, 6) is 0.916. The van der Waals surface area contributed by atoms with Crippen LogP contribution in [0.25, 0.3) is 0 Å². The van der Waals surface area contributed by atoms with Gasteiger partial charge in [0.1, 0.15) is 0 Å². The van der Waals surface area contributed by atoms with E-state index in [9.17, 15) is 0 Å². The van der Waals surface area contributed by atoms with Crippen LogP contribution in [0, 0.1) is 5.92 Å². The summed E-state index contributed by atoms with van der Waals surface area (Å²) in [6.07, 6.45) is 11.9. The Morgan fingerprint density at radius 1 is 0.750 bits per heavy atom. The Labute approximate surface area is 75.5 Å². The molecular formula is C11H20O. The lowest BCUT2D eigenvalue weighted by molar-refractivity contribution is -0.0303. The molecule has 0 spiro atoms. The van der Waals surface area contributed by atoms with E-state index in [-0.39, 0.29) is 0 Å². The van der Waals surface area contributed by atoms with Crippen LogP contribution in [-0.2, 0) is 4.74 Å². The van der Waals surface area contributed by atoms with Gasteiger partial charge in [-0.2, -0.15) is 0 Å². The average Bonchev–Trinajstić information content (AvgIpc) is 2.21. The molecule has 1 saturated heterocycles. The highest BCUT2D eigenvalue weighted by Gasteiger charge is 2.25. The summed E-state index contributed by atoms with van der Waals surface area (Å²) in [6, 6.07) is 0. The predicted octanol–water partition coefficient (Wildman–Crippen LogP) is 3.14. The first-order valence-corrected chi connectivity index (χ1v) is 5.58. The average molecular weight is 168 g/mol. The maximum absolute atomic E-state index is 5.82. The van der Waals surface area contributed by atoms with Crippen molar-refractivity contribution in [1.82, 2.24) is 0 Å². The largest absolute Gasteiger partial charge is 0.378 e. The molecule has 0 aromatic rings. The zero-order valence-electron chi connectivity index (χ0n) is 7.93. The summed E-state index contributed by atoms with van der Waals surface area (Å²) in [5, 5.41) is 0. The maximum atomic E-state index is 5.82. The summed E-state index contributed by atoms with van der Waals surface area (Å²) in [4.78, 5) is 0. The molecular weight excluding hydrogens is 148 g/mol.